The Kier molecular flexibility index (Phi) is 5.87. The molecule has 2 N–H and O–H groups in total. The van der Waals surface area contributed by atoms with Crippen molar-refractivity contribution in [2.45, 2.75) is 35.2 Å². The summed E-state index contributed by atoms with van der Waals surface area (Å²) in [7, 11) is -0.999. The van der Waals surface area contributed by atoms with E-state index in [1.807, 2.05) is 12.1 Å². The maximum Gasteiger partial charge on any atom is 0.175 e. The zero-order valence-corrected chi connectivity index (χ0v) is 16.0. The third-order valence-corrected chi connectivity index (χ3v) is 7.24. The molecule has 0 aromatic heterocycles. The van der Waals surface area contributed by atoms with Crippen molar-refractivity contribution in [3.8, 4) is 0 Å². The number of nitrogens with zero attached hydrogens (tertiary/aromatic N) is 1. The van der Waals surface area contributed by atoms with Gasteiger partial charge >= 0.3 is 0 Å². The fourth-order valence-corrected chi connectivity index (χ4v) is 5.24. The minimum Gasteiger partial charge on any atom is -0.302 e. The molecule has 2 unspecified atom stereocenters. The Labute approximate surface area is 149 Å². The molecule has 2 saturated heterocycles. The number of hydrogen-bond donors (Lipinski definition) is 2. The number of nitrogens with one attached hydrogen (secondary N) is 2. The first-order valence-corrected chi connectivity index (χ1v) is 11.5. The molecule has 2 fully saturated rings. The molecule has 2 aliphatic rings. The van der Waals surface area contributed by atoms with Crippen LogP contribution < -0.4 is 10.6 Å². The van der Waals surface area contributed by atoms with Crippen LogP contribution in [0.2, 0.25) is 0 Å². The molecule has 2 aliphatic heterocycles. The van der Waals surface area contributed by atoms with E-state index >= 15 is 0 Å². The summed E-state index contributed by atoms with van der Waals surface area (Å²) in [6.45, 7) is 2.96. The van der Waals surface area contributed by atoms with Crippen LogP contribution in [0, 0.1) is 0 Å². The quantitative estimate of drug-likeness (QED) is 0.820. The first-order chi connectivity index (χ1) is 11.4. The Hall–Kier alpha value is -0.600. The second-order valence-electron chi connectivity index (χ2n) is 6.88. The maximum atomic E-state index is 11.6. The molecule has 0 amide bonds. The smallest absolute Gasteiger partial charge is 0.175 e. The summed E-state index contributed by atoms with van der Waals surface area (Å²) in [6, 6.07) is 7.48. The van der Waals surface area contributed by atoms with E-state index in [2.05, 4.69) is 34.3 Å². The van der Waals surface area contributed by atoms with Gasteiger partial charge in [-0.3, -0.25) is 10.6 Å². The summed E-state index contributed by atoms with van der Waals surface area (Å²) in [5, 5.41) is 8.07. The molecular formula is C17H27N3O2S2. The minimum atomic E-state index is -3.14. The number of rotatable bonds is 5. The lowest BCUT2D eigenvalue weighted by Gasteiger charge is -2.38. The van der Waals surface area contributed by atoms with Crippen molar-refractivity contribution in [2.75, 3.05) is 38.7 Å². The highest BCUT2D eigenvalue weighted by Gasteiger charge is 2.26. The SMILES string of the molecule is CN1CC(NC[C@H]2CCCS2)NC(c2ccc(S(C)(=O)=O)cc2)C1. The molecule has 134 valence electrons. The minimum absolute atomic E-state index is 0.214. The van der Waals surface area contributed by atoms with Crippen molar-refractivity contribution >= 4 is 21.6 Å². The number of sulfone groups is 1. The fraction of sp³-hybridized carbons (Fsp3) is 0.647. The number of benzene rings is 1. The number of hydrogen-bond acceptors (Lipinski definition) is 6. The summed E-state index contributed by atoms with van der Waals surface area (Å²) in [5.41, 5.74) is 1.14. The molecule has 7 heteroatoms. The molecule has 0 radical (unpaired) electrons. The van der Waals surface area contributed by atoms with Gasteiger partial charge in [-0.25, -0.2) is 8.42 Å². The van der Waals surface area contributed by atoms with Crippen LogP contribution in [0.5, 0.6) is 0 Å². The first-order valence-electron chi connectivity index (χ1n) is 8.51. The zero-order valence-electron chi connectivity index (χ0n) is 14.4. The van der Waals surface area contributed by atoms with Gasteiger partial charge in [-0.2, -0.15) is 11.8 Å². The Morgan fingerprint density at radius 2 is 2.04 bits per heavy atom. The van der Waals surface area contributed by atoms with Crippen LogP contribution in [0.4, 0.5) is 0 Å². The normalized spacial score (nSPS) is 29.0. The van der Waals surface area contributed by atoms with Crippen LogP contribution in [-0.4, -0.2) is 63.4 Å². The lowest BCUT2D eigenvalue weighted by atomic mass is 10.0. The molecule has 3 atom stereocenters. The Morgan fingerprint density at radius 1 is 1.29 bits per heavy atom. The summed E-state index contributed by atoms with van der Waals surface area (Å²) >= 11 is 2.07. The number of likely N-dealkylation sites (N-methyl/N-ethyl adjacent to an activating group) is 1. The van der Waals surface area contributed by atoms with Crippen LogP contribution >= 0.6 is 11.8 Å². The second kappa shape index (κ2) is 7.74. The highest BCUT2D eigenvalue weighted by molar-refractivity contribution is 8.00. The van der Waals surface area contributed by atoms with Crippen molar-refractivity contribution in [1.82, 2.24) is 15.5 Å². The van der Waals surface area contributed by atoms with E-state index in [0.29, 0.717) is 4.90 Å². The van der Waals surface area contributed by atoms with Crippen LogP contribution in [-0.2, 0) is 9.84 Å². The first kappa shape index (κ1) is 18.2. The second-order valence-corrected chi connectivity index (χ2v) is 10.3. The molecule has 0 aliphatic carbocycles. The molecule has 24 heavy (non-hydrogen) atoms. The summed E-state index contributed by atoms with van der Waals surface area (Å²) < 4.78 is 23.2. The summed E-state index contributed by atoms with van der Waals surface area (Å²) in [6.07, 6.45) is 4.17. The molecule has 0 bridgehead atoms. The monoisotopic (exact) mass is 369 g/mol. The molecule has 1 aromatic carbocycles. The van der Waals surface area contributed by atoms with Gasteiger partial charge in [0.25, 0.3) is 0 Å². The molecule has 0 spiro atoms. The van der Waals surface area contributed by atoms with Crippen LogP contribution in [0.1, 0.15) is 24.4 Å². The molecule has 5 nitrogen and oxygen atoms in total. The predicted octanol–water partition coefficient (Wildman–Crippen LogP) is 1.48. The lowest BCUT2D eigenvalue weighted by Crippen LogP contribution is -2.58. The van der Waals surface area contributed by atoms with Gasteiger partial charge in [0.15, 0.2) is 9.84 Å². The van der Waals surface area contributed by atoms with Gasteiger partial charge in [0, 0.05) is 37.2 Å². The maximum absolute atomic E-state index is 11.6. The summed E-state index contributed by atoms with van der Waals surface area (Å²) in [5.74, 6) is 1.29. The van der Waals surface area contributed by atoms with Gasteiger partial charge in [-0.15, -0.1) is 0 Å². The average Bonchev–Trinajstić information content (AvgIpc) is 3.05. The van der Waals surface area contributed by atoms with Crippen molar-refractivity contribution in [2.24, 2.45) is 0 Å². The van der Waals surface area contributed by atoms with Crippen LogP contribution in [0.25, 0.3) is 0 Å². The molecule has 3 rings (SSSR count). The number of piperazine rings is 1. The average molecular weight is 370 g/mol. The number of thioether (sulfide) groups is 1. The van der Waals surface area contributed by atoms with E-state index in [9.17, 15) is 8.42 Å². The van der Waals surface area contributed by atoms with Gasteiger partial charge in [-0.05, 0) is 43.3 Å². The highest BCUT2D eigenvalue weighted by atomic mass is 32.2. The standard InChI is InChI=1S/C17H27N3O2S2/c1-20-11-16(13-5-7-15(8-6-13)24(2,21)22)19-17(12-20)18-10-14-4-3-9-23-14/h5-8,14,16-19H,3-4,9-12H2,1-2H3/t14-,16?,17?/m1/s1. The van der Waals surface area contributed by atoms with Gasteiger partial charge in [0.1, 0.15) is 0 Å². The van der Waals surface area contributed by atoms with Crippen LogP contribution in [0.15, 0.2) is 29.2 Å². The van der Waals surface area contributed by atoms with E-state index < -0.39 is 9.84 Å². The Morgan fingerprint density at radius 3 is 2.67 bits per heavy atom. The van der Waals surface area contributed by atoms with E-state index in [1.165, 1.54) is 24.9 Å². The van der Waals surface area contributed by atoms with Crippen LogP contribution in [0.3, 0.4) is 0 Å². The Balaban J connectivity index is 1.62. The topological polar surface area (TPSA) is 61.4 Å². The van der Waals surface area contributed by atoms with E-state index in [4.69, 9.17) is 0 Å². The summed E-state index contributed by atoms with van der Waals surface area (Å²) in [4.78, 5) is 2.70. The lowest BCUT2D eigenvalue weighted by molar-refractivity contribution is 0.172. The molecule has 1 aromatic rings. The molecule has 2 heterocycles. The van der Waals surface area contributed by atoms with Crippen molar-refractivity contribution in [1.29, 1.82) is 0 Å². The van der Waals surface area contributed by atoms with Crippen molar-refractivity contribution < 1.29 is 8.42 Å². The van der Waals surface area contributed by atoms with E-state index in [1.54, 1.807) is 12.1 Å². The van der Waals surface area contributed by atoms with E-state index in [0.717, 1.165) is 30.4 Å². The highest BCUT2D eigenvalue weighted by Crippen LogP contribution is 2.26. The third-order valence-electron chi connectivity index (χ3n) is 4.72. The zero-order chi connectivity index (χ0) is 17.2. The van der Waals surface area contributed by atoms with E-state index in [-0.39, 0.29) is 12.2 Å². The predicted molar refractivity (Wildman–Crippen MR) is 100 cm³/mol. The van der Waals surface area contributed by atoms with Gasteiger partial charge in [-0.1, -0.05) is 12.1 Å². The molecular weight excluding hydrogens is 342 g/mol. The third kappa shape index (κ3) is 4.73. The van der Waals surface area contributed by atoms with Gasteiger partial charge in [0.2, 0.25) is 0 Å². The Bertz CT molecular complexity index is 642. The largest absolute Gasteiger partial charge is 0.302 e. The fourth-order valence-electron chi connectivity index (χ4n) is 3.40. The van der Waals surface area contributed by atoms with Crippen molar-refractivity contribution in [3.63, 3.8) is 0 Å². The molecule has 0 saturated carbocycles. The van der Waals surface area contributed by atoms with Gasteiger partial charge < -0.3 is 4.90 Å². The van der Waals surface area contributed by atoms with Crippen molar-refractivity contribution in [3.05, 3.63) is 29.8 Å². The van der Waals surface area contributed by atoms with Gasteiger partial charge in [0.05, 0.1) is 11.1 Å².